The zero-order chi connectivity index (χ0) is 17.4. The van der Waals surface area contributed by atoms with Crippen LogP contribution in [0.15, 0.2) is 18.2 Å². The van der Waals surface area contributed by atoms with Crippen molar-refractivity contribution in [3.8, 4) is 0 Å². The minimum absolute atomic E-state index is 0.108. The van der Waals surface area contributed by atoms with Crippen molar-refractivity contribution in [1.82, 2.24) is 4.90 Å². The van der Waals surface area contributed by atoms with Crippen LogP contribution in [0.5, 0.6) is 0 Å². The molecule has 0 aromatic heterocycles. The fraction of sp³-hybridized carbons (Fsp3) is 0.529. The third kappa shape index (κ3) is 3.26. The molecule has 1 N–H and O–H groups in total. The van der Waals surface area contributed by atoms with Gasteiger partial charge in [-0.25, -0.2) is 4.39 Å². The van der Waals surface area contributed by atoms with Gasteiger partial charge in [-0.3, -0.25) is 9.59 Å². The molecule has 1 aromatic rings. The number of likely N-dealkylation sites (tertiary alicyclic amines) is 1. The van der Waals surface area contributed by atoms with Crippen molar-refractivity contribution in [2.75, 3.05) is 13.7 Å². The standard InChI is InChI=1S/C17H19ClFNO4/c1-24-10-5-9(6-15(21)22)20(8-10)17(23)12-7-11(12)16-13(18)3-2-4-14(16)19/h2-4,9-12H,5-8H2,1H3,(H,21,22). The summed E-state index contributed by atoms with van der Waals surface area (Å²) >= 11 is 6.07. The number of nitrogens with zero attached hydrogens (tertiary/aromatic N) is 1. The predicted octanol–water partition coefficient (Wildman–Crippen LogP) is 2.67. The maximum Gasteiger partial charge on any atom is 0.305 e. The second-order valence-electron chi connectivity index (χ2n) is 6.42. The molecule has 0 bridgehead atoms. The minimum atomic E-state index is -0.945. The fourth-order valence-corrected chi connectivity index (χ4v) is 3.88. The number of ether oxygens (including phenoxy) is 1. The molecule has 24 heavy (non-hydrogen) atoms. The van der Waals surface area contributed by atoms with Crippen LogP contribution in [0.4, 0.5) is 4.39 Å². The Bertz CT molecular complexity index is 648. The lowest BCUT2D eigenvalue weighted by Crippen LogP contribution is -2.38. The predicted molar refractivity (Wildman–Crippen MR) is 85.4 cm³/mol. The monoisotopic (exact) mass is 355 g/mol. The molecule has 1 aliphatic carbocycles. The van der Waals surface area contributed by atoms with Gasteiger partial charge >= 0.3 is 5.97 Å². The van der Waals surface area contributed by atoms with Gasteiger partial charge in [-0.15, -0.1) is 0 Å². The van der Waals surface area contributed by atoms with Crippen LogP contribution in [0.25, 0.3) is 0 Å². The van der Waals surface area contributed by atoms with E-state index in [0.29, 0.717) is 30.0 Å². The Morgan fingerprint density at radius 3 is 2.79 bits per heavy atom. The van der Waals surface area contributed by atoms with Crippen molar-refractivity contribution < 1.29 is 23.8 Å². The van der Waals surface area contributed by atoms with Crippen LogP contribution in [0, 0.1) is 11.7 Å². The molecule has 7 heteroatoms. The Balaban J connectivity index is 1.74. The van der Waals surface area contributed by atoms with E-state index >= 15 is 0 Å². The molecule has 1 aromatic carbocycles. The highest BCUT2D eigenvalue weighted by atomic mass is 35.5. The zero-order valence-corrected chi connectivity index (χ0v) is 14.0. The molecule has 1 heterocycles. The van der Waals surface area contributed by atoms with Crippen molar-refractivity contribution in [3.05, 3.63) is 34.6 Å². The van der Waals surface area contributed by atoms with Gasteiger partial charge in [0.15, 0.2) is 0 Å². The molecule has 4 unspecified atom stereocenters. The Kier molecular flexibility index (Phi) is 4.78. The summed E-state index contributed by atoms with van der Waals surface area (Å²) < 4.78 is 19.3. The molecule has 0 radical (unpaired) electrons. The first-order valence-corrected chi connectivity index (χ1v) is 8.29. The number of carboxylic acids is 1. The van der Waals surface area contributed by atoms with E-state index in [-0.39, 0.29) is 36.3 Å². The summed E-state index contributed by atoms with van der Waals surface area (Å²) in [5, 5.41) is 9.37. The van der Waals surface area contributed by atoms with Crippen LogP contribution < -0.4 is 0 Å². The van der Waals surface area contributed by atoms with Gasteiger partial charge in [-0.2, -0.15) is 0 Å². The third-order valence-corrected chi connectivity index (χ3v) is 5.21. The van der Waals surface area contributed by atoms with Gasteiger partial charge in [0, 0.05) is 42.1 Å². The van der Waals surface area contributed by atoms with Crippen molar-refractivity contribution in [2.24, 2.45) is 5.92 Å². The Labute approximate surface area is 144 Å². The smallest absolute Gasteiger partial charge is 0.305 e. The highest BCUT2D eigenvalue weighted by Crippen LogP contribution is 2.52. The highest BCUT2D eigenvalue weighted by molar-refractivity contribution is 6.31. The lowest BCUT2D eigenvalue weighted by molar-refractivity contribution is -0.140. The zero-order valence-electron chi connectivity index (χ0n) is 13.2. The van der Waals surface area contributed by atoms with E-state index < -0.39 is 11.8 Å². The fourth-order valence-electron chi connectivity index (χ4n) is 3.57. The molecule has 1 amide bonds. The average Bonchev–Trinajstić information content (AvgIpc) is 3.19. The molecule has 5 nitrogen and oxygen atoms in total. The Morgan fingerprint density at radius 2 is 2.17 bits per heavy atom. The lowest BCUT2D eigenvalue weighted by atomic mass is 10.1. The molecule has 0 spiro atoms. The molecule has 2 aliphatic rings. The molecular formula is C17H19ClFNO4. The first-order valence-electron chi connectivity index (χ1n) is 7.91. The largest absolute Gasteiger partial charge is 0.481 e. The van der Waals surface area contributed by atoms with E-state index in [4.69, 9.17) is 21.4 Å². The Morgan fingerprint density at radius 1 is 1.42 bits per heavy atom. The summed E-state index contributed by atoms with van der Waals surface area (Å²) in [7, 11) is 1.55. The van der Waals surface area contributed by atoms with Gasteiger partial charge in [-0.05, 0) is 25.0 Å². The van der Waals surface area contributed by atoms with Crippen LogP contribution in [0.3, 0.4) is 0 Å². The number of hydrogen-bond donors (Lipinski definition) is 1. The number of carbonyl (C=O) groups is 2. The van der Waals surface area contributed by atoms with Crippen LogP contribution in [-0.4, -0.2) is 47.7 Å². The quantitative estimate of drug-likeness (QED) is 0.881. The first kappa shape index (κ1) is 17.2. The van der Waals surface area contributed by atoms with Gasteiger partial charge in [0.2, 0.25) is 5.91 Å². The first-order chi connectivity index (χ1) is 11.4. The average molecular weight is 356 g/mol. The van der Waals surface area contributed by atoms with E-state index in [1.54, 1.807) is 18.1 Å². The number of benzene rings is 1. The molecule has 2 fully saturated rings. The molecule has 130 valence electrons. The van der Waals surface area contributed by atoms with Gasteiger partial charge < -0.3 is 14.7 Å². The van der Waals surface area contributed by atoms with Gasteiger partial charge in [0.25, 0.3) is 0 Å². The number of rotatable bonds is 5. The maximum absolute atomic E-state index is 14.0. The van der Waals surface area contributed by atoms with Crippen molar-refractivity contribution >= 4 is 23.5 Å². The van der Waals surface area contributed by atoms with E-state index in [1.165, 1.54) is 12.1 Å². The minimum Gasteiger partial charge on any atom is -0.481 e. The Hall–Kier alpha value is -1.66. The number of methoxy groups -OCH3 is 1. The summed E-state index contributed by atoms with van der Waals surface area (Å²) in [5.41, 5.74) is 0.384. The summed E-state index contributed by atoms with van der Waals surface area (Å²) in [5.74, 6) is -2.06. The third-order valence-electron chi connectivity index (χ3n) is 4.88. The summed E-state index contributed by atoms with van der Waals surface area (Å²) in [6.07, 6.45) is 0.774. The molecule has 1 saturated heterocycles. The van der Waals surface area contributed by atoms with Crippen molar-refractivity contribution in [2.45, 2.75) is 37.3 Å². The van der Waals surface area contributed by atoms with Crippen LogP contribution in [-0.2, 0) is 14.3 Å². The highest BCUT2D eigenvalue weighted by Gasteiger charge is 2.50. The molecule has 1 aliphatic heterocycles. The number of carbonyl (C=O) groups excluding carboxylic acids is 1. The summed E-state index contributed by atoms with van der Waals surface area (Å²) in [4.78, 5) is 25.4. The van der Waals surface area contributed by atoms with Gasteiger partial charge in [-0.1, -0.05) is 17.7 Å². The van der Waals surface area contributed by atoms with Crippen LogP contribution in [0.2, 0.25) is 5.02 Å². The van der Waals surface area contributed by atoms with E-state index in [2.05, 4.69) is 0 Å². The van der Waals surface area contributed by atoms with Crippen molar-refractivity contribution in [1.29, 1.82) is 0 Å². The molecule has 1 saturated carbocycles. The van der Waals surface area contributed by atoms with Crippen molar-refractivity contribution in [3.63, 3.8) is 0 Å². The van der Waals surface area contributed by atoms with Gasteiger partial charge in [0.1, 0.15) is 5.82 Å². The van der Waals surface area contributed by atoms with E-state index in [9.17, 15) is 14.0 Å². The van der Waals surface area contributed by atoms with Crippen LogP contribution in [0.1, 0.15) is 30.7 Å². The number of aliphatic carboxylic acids is 1. The second kappa shape index (κ2) is 6.69. The molecular weight excluding hydrogens is 337 g/mol. The van der Waals surface area contributed by atoms with Gasteiger partial charge in [0.05, 0.1) is 12.5 Å². The van der Waals surface area contributed by atoms with E-state index in [1.807, 2.05) is 0 Å². The summed E-state index contributed by atoms with van der Waals surface area (Å²) in [6.45, 7) is 0.376. The van der Waals surface area contributed by atoms with E-state index in [0.717, 1.165) is 0 Å². The lowest BCUT2D eigenvalue weighted by Gasteiger charge is -2.23. The molecule has 3 rings (SSSR count). The second-order valence-corrected chi connectivity index (χ2v) is 6.83. The number of amides is 1. The number of hydrogen-bond acceptors (Lipinski definition) is 3. The summed E-state index contributed by atoms with van der Waals surface area (Å²) in [6, 6.07) is 4.11. The topological polar surface area (TPSA) is 66.8 Å². The normalized spacial score (nSPS) is 28.9. The molecule has 4 atom stereocenters. The number of halogens is 2. The maximum atomic E-state index is 14.0. The SMILES string of the molecule is COC1CC(CC(=O)O)N(C(=O)C2CC2c2c(F)cccc2Cl)C1. The number of carboxylic acid groups (broad SMARTS) is 1. The van der Waals surface area contributed by atoms with Crippen LogP contribution >= 0.6 is 11.6 Å².